The Morgan fingerprint density at radius 2 is 2.33 bits per heavy atom. The highest BCUT2D eigenvalue weighted by Crippen LogP contribution is 1.87. The van der Waals surface area contributed by atoms with E-state index in [2.05, 4.69) is 9.91 Å². The molecule has 50 valence electrons. The van der Waals surface area contributed by atoms with E-state index in [9.17, 15) is 14.5 Å². The van der Waals surface area contributed by atoms with Gasteiger partial charge in [-0.05, 0) is 5.18 Å². The first kappa shape index (κ1) is 7.74. The quantitative estimate of drug-likeness (QED) is 0.224. The number of carbonyl (C=O) groups is 2. The Labute approximate surface area is 51.0 Å². The summed E-state index contributed by atoms with van der Waals surface area (Å²) in [6.07, 6.45) is 0.124. The third-order valence-electron chi connectivity index (χ3n) is 0.685. The van der Waals surface area contributed by atoms with Crippen molar-refractivity contribution in [3.05, 3.63) is 4.91 Å². The molecule has 0 saturated carbocycles. The van der Waals surface area contributed by atoms with Gasteiger partial charge in [-0.1, -0.05) is 0 Å². The highest BCUT2D eigenvalue weighted by atomic mass is 16.5. The van der Waals surface area contributed by atoms with Crippen LogP contribution in [0.1, 0.15) is 0 Å². The van der Waals surface area contributed by atoms with Crippen LogP contribution in [0.15, 0.2) is 5.18 Å². The van der Waals surface area contributed by atoms with E-state index in [1.165, 1.54) is 0 Å². The summed E-state index contributed by atoms with van der Waals surface area (Å²) in [6, 6.07) is -1.50. The molecule has 1 atom stereocenters. The second-order valence-electron chi connectivity index (χ2n) is 1.21. The number of hydrogen-bond acceptors (Lipinski definition) is 5. The molecule has 0 saturated heterocycles. The van der Waals surface area contributed by atoms with E-state index in [1.54, 1.807) is 0 Å². The van der Waals surface area contributed by atoms with Gasteiger partial charge in [0.2, 0.25) is 6.04 Å². The Kier molecular flexibility index (Phi) is 3.19. The predicted molar refractivity (Wildman–Crippen MR) is 27.7 cm³/mol. The van der Waals surface area contributed by atoms with Crippen molar-refractivity contribution in [1.29, 1.82) is 0 Å². The summed E-state index contributed by atoms with van der Waals surface area (Å²) in [5.74, 6) is -0.931. The van der Waals surface area contributed by atoms with Crippen molar-refractivity contribution in [3.63, 3.8) is 0 Å². The largest absolute Gasteiger partial charge is 0.467 e. The summed E-state index contributed by atoms with van der Waals surface area (Å²) in [5.41, 5.74) is 0. The fraction of sp³-hybridized carbons (Fsp3) is 0.500. The molecule has 1 unspecified atom stereocenters. The monoisotopic (exact) mass is 131 g/mol. The third-order valence-corrected chi connectivity index (χ3v) is 0.685. The van der Waals surface area contributed by atoms with Gasteiger partial charge in [0.1, 0.15) is 0 Å². The topological polar surface area (TPSA) is 72.8 Å². The van der Waals surface area contributed by atoms with Crippen molar-refractivity contribution in [3.8, 4) is 0 Å². The Morgan fingerprint density at radius 1 is 1.78 bits per heavy atom. The average Bonchev–Trinajstić information content (AvgIpc) is 1.90. The fourth-order valence-corrected chi connectivity index (χ4v) is 0.244. The first-order chi connectivity index (χ1) is 4.26. The highest BCUT2D eigenvalue weighted by molar-refractivity contribution is 5.92. The van der Waals surface area contributed by atoms with Crippen LogP contribution in [-0.2, 0) is 14.3 Å². The number of carbonyl (C=O) groups excluding carboxylic acids is 2. The Bertz CT molecular complexity index is 125. The van der Waals surface area contributed by atoms with E-state index < -0.39 is 12.0 Å². The summed E-state index contributed by atoms with van der Waals surface area (Å²) in [7, 11) is 1.07. The summed E-state index contributed by atoms with van der Waals surface area (Å²) in [5, 5.41) is 2.18. The van der Waals surface area contributed by atoms with Crippen LogP contribution >= 0.6 is 0 Å². The molecule has 0 aromatic rings. The number of ether oxygens (including phenoxy) is 1. The standard InChI is InChI=1S/C4H5NO4/c1-9-4(7)3(2-6)5-8/h2-3H,1H3. The maximum Gasteiger partial charge on any atom is 0.341 e. The molecule has 0 aromatic heterocycles. The van der Waals surface area contributed by atoms with Crippen LogP contribution in [0.4, 0.5) is 0 Å². The molecule has 0 N–H and O–H groups in total. The molecule has 0 bridgehead atoms. The summed E-state index contributed by atoms with van der Waals surface area (Å²) in [4.78, 5) is 29.5. The minimum atomic E-state index is -1.50. The third kappa shape index (κ3) is 1.98. The van der Waals surface area contributed by atoms with Crippen LogP contribution in [0.2, 0.25) is 0 Å². The van der Waals surface area contributed by atoms with Gasteiger partial charge in [0.25, 0.3) is 0 Å². The zero-order valence-corrected chi connectivity index (χ0v) is 4.73. The van der Waals surface area contributed by atoms with E-state index in [0.717, 1.165) is 7.11 Å². The summed E-state index contributed by atoms with van der Waals surface area (Å²) in [6.45, 7) is 0. The summed E-state index contributed by atoms with van der Waals surface area (Å²) < 4.78 is 4.03. The zero-order valence-electron chi connectivity index (χ0n) is 4.73. The van der Waals surface area contributed by atoms with Gasteiger partial charge >= 0.3 is 5.97 Å². The zero-order chi connectivity index (χ0) is 7.28. The van der Waals surface area contributed by atoms with E-state index in [0.29, 0.717) is 0 Å². The molecule has 0 radical (unpaired) electrons. The number of hydrogen-bond donors (Lipinski definition) is 0. The van der Waals surface area contributed by atoms with E-state index in [4.69, 9.17) is 0 Å². The number of rotatable bonds is 3. The number of aldehydes is 1. The molecule has 0 heterocycles. The molecular weight excluding hydrogens is 126 g/mol. The molecule has 0 aliphatic heterocycles. The molecule has 0 rings (SSSR count). The van der Waals surface area contributed by atoms with Crippen molar-refractivity contribution in [2.45, 2.75) is 6.04 Å². The molecular formula is C4H5NO4. The molecule has 0 amide bonds. The van der Waals surface area contributed by atoms with Gasteiger partial charge < -0.3 is 9.53 Å². The number of methoxy groups -OCH3 is 1. The van der Waals surface area contributed by atoms with Crippen molar-refractivity contribution in [2.75, 3.05) is 7.11 Å². The normalized spacial score (nSPS) is 11.7. The molecule has 0 fully saturated rings. The number of nitroso groups, excluding NO2 is 1. The Hall–Kier alpha value is -1.26. The first-order valence-corrected chi connectivity index (χ1v) is 2.11. The van der Waals surface area contributed by atoms with Gasteiger partial charge in [-0.25, -0.2) is 4.79 Å². The molecule has 0 spiro atoms. The van der Waals surface area contributed by atoms with Gasteiger partial charge in [-0.2, -0.15) is 0 Å². The minimum absolute atomic E-state index is 0.124. The van der Waals surface area contributed by atoms with Gasteiger partial charge in [-0.3, -0.25) is 0 Å². The van der Waals surface area contributed by atoms with Gasteiger partial charge in [-0.15, -0.1) is 4.91 Å². The van der Waals surface area contributed by atoms with E-state index >= 15 is 0 Å². The molecule has 0 aliphatic carbocycles. The molecule has 5 heteroatoms. The van der Waals surface area contributed by atoms with Gasteiger partial charge in [0, 0.05) is 0 Å². The van der Waals surface area contributed by atoms with E-state index in [-0.39, 0.29) is 6.29 Å². The lowest BCUT2D eigenvalue weighted by Gasteiger charge is -1.95. The SMILES string of the molecule is COC(=O)C(C=O)N=O. The van der Waals surface area contributed by atoms with Crippen LogP contribution in [0.3, 0.4) is 0 Å². The lowest BCUT2D eigenvalue weighted by molar-refractivity contribution is -0.143. The smallest absolute Gasteiger partial charge is 0.341 e. The minimum Gasteiger partial charge on any atom is -0.467 e. The van der Waals surface area contributed by atoms with Crippen LogP contribution < -0.4 is 0 Å². The summed E-state index contributed by atoms with van der Waals surface area (Å²) >= 11 is 0. The van der Waals surface area contributed by atoms with Crippen LogP contribution in [0, 0.1) is 4.91 Å². The average molecular weight is 131 g/mol. The van der Waals surface area contributed by atoms with Crippen molar-refractivity contribution >= 4 is 12.3 Å². The number of esters is 1. The lowest BCUT2D eigenvalue weighted by atomic mass is 10.4. The first-order valence-electron chi connectivity index (χ1n) is 2.11. The molecule has 5 nitrogen and oxygen atoms in total. The van der Waals surface area contributed by atoms with Gasteiger partial charge in [0.15, 0.2) is 6.29 Å². The van der Waals surface area contributed by atoms with Crippen molar-refractivity contribution in [1.82, 2.24) is 0 Å². The van der Waals surface area contributed by atoms with Gasteiger partial charge in [0.05, 0.1) is 7.11 Å². The van der Waals surface area contributed by atoms with Crippen molar-refractivity contribution < 1.29 is 14.3 Å². The molecule has 9 heavy (non-hydrogen) atoms. The second-order valence-corrected chi connectivity index (χ2v) is 1.21. The maximum atomic E-state index is 10.2. The van der Waals surface area contributed by atoms with Crippen molar-refractivity contribution in [2.24, 2.45) is 5.18 Å². The van der Waals surface area contributed by atoms with Crippen LogP contribution in [-0.4, -0.2) is 25.4 Å². The Morgan fingerprint density at radius 3 is 2.44 bits per heavy atom. The predicted octanol–water partition coefficient (Wildman–Crippen LogP) is -0.507. The molecule has 0 aliphatic rings. The molecule has 0 aromatic carbocycles. The lowest BCUT2D eigenvalue weighted by Crippen LogP contribution is -2.20. The highest BCUT2D eigenvalue weighted by Gasteiger charge is 2.17. The van der Waals surface area contributed by atoms with Crippen LogP contribution in [0.25, 0.3) is 0 Å². The fourth-order valence-electron chi connectivity index (χ4n) is 0.244. The van der Waals surface area contributed by atoms with Crippen LogP contribution in [0.5, 0.6) is 0 Å². The number of nitrogens with zero attached hydrogens (tertiary/aromatic N) is 1. The second kappa shape index (κ2) is 3.71. The maximum absolute atomic E-state index is 10.2. The van der Waals surface area contributed by atoms with E-state index in [1.807, 2.05) is 0 Å². The Balaban J connectivity index is 3.93.